The lowest BCUT2D eigenvalue weighted by Crippen LogP contribution is -2.12. The van der Waals surface area contributed by atoms with Crippen LogP contribution in [0.1, 0.15) is 18.6 Å². The monoisotopic (exact) mass is 468 g/mol. The van der Waals surface area contributed by atoms with E-state index >= 15 is 0 Å². The first-order chi connectivity index (χ1) is 11.8. The number of nitrogens with two attached hydrogens (primary N) is 1. The average molecular weight is 470 g/mol. The number of rotatable bonds is 5. The van der Waals surface area contributed by atoms with Crippen LogP contribution in [-0.2, 0) is 4.79 Å². The van der Waals surface area contributed by atoms with E-state index in [9.17, 15) is 15.0 Å². The highest BCUT2D eigenvalue weighted by Crippen LogP contribution is 2.37. The Hall–Kier alpha value is -1.83. The maximum absolute atomic E-state index is 12.0. The zero-order valence-electron chi connectivity index (χ0n) is 13.4. The van der Waals surface area contributed by atoms with E-state index < -0.39 is 12.0 Å². The number of hydrogen-bond donors (Lipinski definition) is 4. The van der Waals surface area contributed by atoms with Crippen LogP contribution < -0.4 is 11.1 Å². The van der Waals surface area contributed by atoms with Crippen LogP contribution >= 0.6 is 31.9 Å². The van der Waals surface area contributed by atoms with Crippen LogP contribution in [0.5, 0.6) is 5.75 Å². The van der Waals surface area contributed by atoms with Crippen molar-refractivity contribution in [2.75, 3.05) is 11.1 Å². The Morgan fingerprint density at radius 1 is 1.28 bits per heavy atom. The number of halogens is 2. The molecule has 7 heteroatoms. The van der Waals surface area contributed by atoms with Crippen LogP contribution in [-0.4, -0.2) is 16.1 Å². The molecule has 0 aliphatic rings. The van der Waals surface area contributed by atoms with E-state index in [2.05, 4.69) is 37.2 Å². The van der Waals surface area contributed by atoms with Crippen LogP contribution in [0.15, 0.2) is 57.5 Å². The van der Waals surface area contributed by atoms with Gasteiger partial charge in [0.15, 0.2) is 0 Å². The number of carbonyl (C=O) groups is 1. The highest BCUT2D eigenvalue weighted by molar-refractivity contribution is 9.11. The molecule has 25 heavy (non-hydrogen) atoms. The lowest BCUT2D eigenvalue weighted by atomic mass is 9.96. The lowest BCUT2D eigenvalue weighted by molar-refractivity contribution is -0.111. The summed E-state index contributed by atoms with van der Waals surface area (Å²) < 4.78 is 1.20. The summed E-state index contributed by atoms with van der Waals surface area (Å²) in [5.74, 6) is -0.778. The summed E-state index contributed by atoms with van der Waals surface area (Å²) in [7, 11) is 0. The molecule has 132 valence electrons. The average Bonchev–Trinajstić information content (AvgIpc) is 2.57. The Labute approximate surface area is 162 Å². The van der Waals surface area contributed by atoms with Gasteiger partial charge in [0.1, 0.15) is 5.75 Å². The number of carbonyl (C=O) groups excluding carboxylic acids is 1. The van der Waals surface area contributed by atoms with Gasteiger partial charge in [0.05, 0.1) is 22.0 Å². The third kappa shape index (κ3) is 5.07. The first-order valence-electron chi connectivity index (χ1n) is 7.49. The molecule has 0 saturated heterocycles. The number of phenols is 1. The van der Waals surface area contributed by atoms with Gasteiger partial charge in [-0.25, -0.2) is 0 Å². The summed E-state index contributed by atoms with van der Waals surface area (Å²) in [5.41, 5.74) is 7.15. The van der Waals surface area contributed by atoms with Gasteiger partial charge in [0.2, 0.25) is 5.91 Å². The van der Waals surface area contributed by atoms with Gasteiger partial charge < -0.3 is 21.3 Å². The molecular weight excluding hydrogens is 452 g/mol. The van der Waals surface area contributed by atoms with E-state index in [1.54, 1.807) is 49.4 Å². The second-order valence-electron chi connectivity index (χ2n) is 5.57. The number of amides is 1. The normalized spacial score (nSPS) is 13.6. The molecule has 0 heterocycles. The standard InChI is InChI=1S/C18H18Br2N2O3/c1-10(17(24)12-8-11(19)9-13(20)18(12)25)6-7-16(23)22-15-5-3-2-4-14(15)21/h2-10,17,24-25H,21H2,1H3,(H,22,23)/b7-6+/t10-,17+/m1/s1. The number of nitrogens with one attached hydrogen (secondary N) is 1. The van der Waals surface area contributed by atoms with E-state index in [0.29, 0.717) is 21.4 Å². The zero-order chi connectivity index (χ0) is 18.6. The fourth-order valence-electron chi connectivity index (χ4n) is 2.22. The van der Waals surface area contributed by atoms with E-state index in [-0.39, 0.29) is 11.7 Å². The van der Waals surface area contributed by atoms with Crippen molar-refractivity contribution in [1.82, 2.24) is 0 Å². The number of hydrogen-bond acceptors (Lipinski definition) is 4. The maximum Gasteiger partial charge on any atom is 0.248 e. The van der Waals surface area contributed by atoms with Crippen LogP contribution in [0.4, 0.5) is 11.4 Å². The van der Waals surface area contributed by atoms with Gasteiger partial charge in [-0.3, -0.25) is 4.79 Å². The van der Waals surface area contributed by atoms with Crippen LogP contribution in [0, 0.1) is 5.92 Å². The molecule has 2 atom stereocenters. The number of nitrogen functional groups attached to an aromatic ring is 1. The van der Waals surface area contributed by atoms with Gasteiger partial charge in [-0.2, -0.15) is 0 Å². The number of benzene rings is 2. The Morgan fingerprint density at radius 3 is 2.64 bits per heavy atom. The molecule has 0 unspecified atom stereocenters. The van der Waals surface area contributed by atoms with Gasteiger partial charge in [0, 0.05) is 16.0 Å². The Kier molecular flexibility index (Phi) is 6.64. The van der Waals surface area contributed by atoms with Gasteiger partial charge in [-0.15, -0.1) is 0 Å². The Morgan fingerprint density at radius 2 is 1.96 bits per heavy atom. The van der Waals surface area contributed by atoms with Gasteiger partial charge in [-0.05, 0) is 46.3 Å². The number of aromatic hydroxyl groups is 1. The highest BCUT2D eigenvalue weighted by Gasteiger charge is 2.20. The molecule has 2 aromatic rings. The van der Waals surface area contributed by atoms with Gasteiger partial charge >= 0.3 is 0 Å². The lowest BCUT2D eigenvalue weighted by Gasteiger charge is -2.18. The molecule has 0 aromatic heterocycles. The van der Waals surface area contributed by atoms with Gasteiger partial charge in [0.25, 0.3) is 0 Å². The van der Waals surface area contributed by atoms with Crippen molar-refractivity contribution in [3.05, 3.63) is 63.1 Å². The van der Waals surface area contributed by atoms with Crippen molar-refractivity contribution in [1.29, 1.82) is 0 Å². The van der Waals surface area contributed by atoms with Crippen molar-refractivity contribution < 1.29 is 15.0 Å². The molecule has 0 saturated carbocycles. The quantitative estimate of drug-likeness (QED) is 0.386. The largest absolute Gasteiger partial charge is 0.506 e. The molecule has 2 rings (SSSR count). The number of phenolic OH excluding ortho intramolecular Hbond substituents is 1. The highest BCUT2D eigenvalue weighted by atomic mass is 79.9. The van der Waals surface area contributed by atoms with Crippen molar-refractivity contribution in [3.63, 3.8) is 0 Å². The van der Waals surface area contributed by atoms with Crippen LogP contribution in [0.2, 0.25) is 0 Å². The zero-order valence-corrected chi connectivity index (χ0v) is 16.6. The molecule has 0 spiro atoms. The minimum absolute atomic E-state index is 0.0301. The molecule has 0 radical (unpaired) electrons. The van der Waals surface area contributed by atoms with Crippen molar-refractivity contribution >= 4 is 49.1 Å². The molecule has 0 fully saturated rings. The molecular formula is C18H18Br2N2O3. The third-order valence-corrected chi connectivity index (χ3v) is 4.71. The summed E-state index contributed by atoms with van der Waals surface area (Å²) in [6.45, 7) is 1.75. The minimum Gasteiger partial charge on any atom is -0.506 e. The van der Waals surface area contributed by atoms with E-state index in [4.69, 9.17) is 5.73 Å². The topological polar surface area (TPSA) is 95.6 Å². The predicted octanol–water partition coefficient (Wildman–Crippen LogP) is 4.36. The van der Waals surface area contributed by atoms with E-state index in [1.165, 1.54) is 6.08 Å². The number of aliphatic hydroxyl groups is 1. The summed E-state index contributed by atoms with van der Waals surface area (Å²) in [4.78, 5) is 12.0. The predicted molar refractivity (Wildman–Crippen MR) is 106 cm³/mol. The second-order valence-corrected chi connectivity index (χ2v) is 7.34. The number of para-hydroxylation sites is 2. The third-order valence-electron chi connectivity index (χ3n) is 3.64. The molecule has 2 aromatic carbocycles. The first-order valence-corrected chi connectivity index (χ1v) is 9.08. The van der Waals surface area contributed by atoms with Crippen LogP contribution in [0.25, 0.3) is 0 Å². The number of aliphatic hydroxyl groups excluding tert-OH is 1. The summed E-state index contributed by atoms with van der Waals surface area (Å²) in [6.07, 6.45) is 1.94. The van der Waals surface area contributed by atoms with Crippen LogP contribution in [0.3, 0.4) is 0 Å². The molecule has 0 aliphatic carbocycles. The molecule has 5 nitrogen and oxygen atoms in total. The summed E-state index contributed by atoms with van der Waals surface area (Å²) in [5, 5.41) is 23.2. The molecule has 1 amide bonds. The molecule has 0 bridgehead atoms. The van der Waals surface area contributed by atoms with Gasteiger partial charge in [-0.1, -0.05) is 41.1 Å². The van der Waals surface area contributed by atoms with Crippen molar-refractivity contribution in [3.8, 4) is 5.75 Å². The number of anilines is 2. The Bertz CT molecular complexity index is 809. The maximum atomic E-state index is 12.0. The fraction of sp³-hybridized carbons (Fsp3) is 0.167. The van der Waals surface area contributed by atoms with E-state index in [0.717, 1.165) is 4.47 Å². The molecule has 0 aliphatic heterocycles. The van der Waals surface area contributed by atoms with Crippen molar-refractivity contribution in [2.24, 2.45) is 5.92 Å². The fourth-order valence-corrected chi connectivity index (χ4v) is 3.48. The first kappa shape index (κ1) is 19.5. The smallest absolute Gasteiger partial charge is 0.248 e. The van der Waals surface area contributed by atoms with E-state index in [1.807, 2.05) is 0 Å². The molecule has 5 N–H and O–H groups in total. The summed E-state index contributed by atoms with van der Waals surface area (Å²) >= 11 is 6.56. The minimum atomic E-state index is -0.973. The summed E-state index contributed by atoms with van der Waals surface area (Å²) in [6, 6.07) is 10.3. The van der Waals surface area contributed by atoms with Crippen molar-refractivity contribution in [2.45, 2.75) is 13.0 Å². The SMILES string of the molecule is C[C@H](/C=C/C(=O)Nc1ccccc1N)[C@H](O)c1cc(Br)cc(Br)c1O. The Balaban J connectivity index is 2.08. The second kappa shape index (κ2) is 8.51.